The average Bonchev–Trinajstić information content (AvgIpc) is 2.08. The summed E-state index contributed by atoms with van der Waals surface area (Å²) in [5.41, 5.74) is 6.71. The molecule has 1 rings (SSSR count). The van der Waals surface area contributed by atoms with Crippen molar-refractivity contribution in [3.63, 3.8) is 0 Å². The topological polar surface area (TPSA) is 43.1 Å². The van der Waals surface area contributed by atoms with Gasteiger partial charge in [-0.3, -0.25) is 4.79 Å². The highest BCUT2D eigenvalue weighted by Crippen LogP contribution is 2.21. The van der Waals surface area contributed by atoms with E-state index < -0.39 is 5.38 Å². The third kappa shape index (κ3) is 2.45. The Hall–Kier alpha value is -0.540. The van der Waals surface area contributed by atoms with Gasteiger partial charge in [0.1, 0.15) is 0 Å². The molecule has 1 aromatic rings. The summed E-state index contributed by atoms with van der Waals surface area (Å²) in [5.74, 6) is -0.110. The lowest BCUT2D eigenvalue weighted by atomic mass is 10.1. The zero-order chi connectivity index (χ0) is 10.0. The molecule has 2 N–H and O–H groups in total. The summed E-state index contributed by atoms with van der Waals surface area (Å²) in [5, 5.41) is -0.513. The Balaban J connectivity index is 3.04. The second-order valence-corrected chi connectivity index (χ2v) is 4.23. The molecular weight excluding hydrogens is 253 g/mol. The summed E-state index contributed by atoms with van der Waals surface area (Å²) in [6.45, 7) is 1.64. The first-order valence-corrected chi connectivity index (χ1v) is 4.98. The number of Topliss-reactive ketones (excluding diaryl/α,β-unsaturated/α-hetero) is 1. The summed E-state index contributed by atoms with van der Waals surface area (Å²) in [7, 11) is 0. The zero-order valence-corrected chi connectivity index (χ0v) is 9.39. The molecule has 13 heavy (non-hydrogen) atoms. The molecule has 0 aliphatic heterocycles. The summed E-state index contributed by atoms with van der Waals surface area (Å²) < 4.78 is 0.784. The highest BCUT2D eigenvalue weighted by molar-refractivity contribution is 9.10. The third-order valence-corrected chi connectivity index (χ3v) is 2.56. The maximum Gasteiger partial charge on any atom is 0.180 e. The van der Waals surface area contributed by atoms with E-state index in [4.69, 9.17) is 17.3 Å². The van der Waals surface area contributed by atoms with Crippen LogP contribution in [0.1, 0.15) is 17.3 Å². The van der Waals surface area contributed by atoms with Gasteiger partial charge in [-0.25, -0.2) is 0 Å². The summed E-state index contributed by atoms with van der Waals surface area (Å²) in [4.78, 5) is 11.4. The Morgan fingerprint density at radius 1 is 1.62 bits per heavy atom. The number of benzene rings is 1. The number of hydrogen-bond acceptors (Lipinski definition) is 2. The molecule has 0 spiro atoms. The fourth-order valence-electron chi connectivity index (χ4n) is 0.927. The summed E-state index contributed by atoms with van der Waals surface area (Å²) in [6.07, 6.45) is 0. The molecule has 0 aliphatic carbocycles. The smallest absolute Gasteiger partial charge is 0.180 e. The molecule has 0 aromatic heterocycles. The highest BCUT2D eigenvalue weighted by Gasteiger charge is 2.12. The molecule has 1 atom stereocenters. The maximum absolute atomic E-state index is 11.4. The minimum Gasteiger partial charge on any atom is -0.398 e. The van der Waals surface area contributed by atoms with E-state index in [9.17, 15) is 4.79 Å². The van der Waals surface area contributed by atoms with Crippen molar-refractivity contribution in [1.82, 2.24) is 0 Å². The van der Waals surface area contributed by atoms with Crippen molar-refractivity contribution in [3.05, 3.63) is 28.2 Å². The van der Waals surface area contributed by atoms with Gasteiger partial charge < -0.3 is 5.73 Å². The van der Waals surface area contributed by atoms with Gasteiger partial charge in [-0.05, 0) is 35.0 Å². The molecule has 0 saturated heterocycles. The number of nitrogen functional groups attached to an aromatic ring is 1. The van der Waals surface area contributed by atoms with Gasteiger partial charge in [-0.2, -0.15) is 0 Å². The lowest BCUT2D eigenvalue weighted by Gasteiger charge is -2.04. The van der Waals surface area contributed by atoms with Gasteiger partial charge in [0.15, 0.2) is 5.78 Å². The van der Waals surface area contributed by atoms with Crippen LogP contribution in [0.3, 0.4) is 0 Å². The van der Waals surface area contributed by atoms with E-state index in [0.29, 0.717) is 11.3 Å². The molecule has 1 unspecified atom stereocenters. The van der Waals surface area contributed by atoms with Crippen molar-refractivity contribution in [3.8, 4) is 0 Å². The minimum absolute atomic E-state index is 0.110. The van der Waals surface area contributed by atoms with Gasteiger partial charge in [0.2, 0.25) is 0 Å². The third-order valence-electron chi connectivity index (χ3n) is 1.64. The van der Waals surface area contributed by atoms with Gasteiger partial charge in [0.25, 0.3) is 0 Å². The molecule has 1 aromatic carbocycles. The first-order chi connectivity index (χ1) is 6.02. The molecule has 0 saturated carbocycles. The van der Waals surface area contributed by atoms with E-state index >= 15 is 0 Å². The van der Waals surface area contributed by atoms with Crippen LogP contribution in [0.5, 0.6) is 0 Å². The molecule has 0 aliphatic rings. The number of carbonyl (C=O) groups excluding carboxylic acids is 1. The molecule has 0 fully saturated rings. The Bertz CT molecular complexity index is 338. The van der Waals surface area contributed by atoms with Crippen LogP contribution < -0.4 is 5.73 Å². The number of alkyl halides is 1. The van der Waals surface area contributed by atoms with Crippen LogP contribution in [-0.4, -0.2) is 11.2 Å². The fraction of sp³-hybridized carbons (Fsp3) is 0.222. The average molecular weight is 263 g/mol. The Morgan fingerprint density at radius 3 is 2.69 bits per heavy atom. The predicted octanol–water partition coefficient (Wildman–Crippen LogP) is 2.84. The van der Waals surface area contributed by atoms with Crippen molar-refractivity contribution in [2.45, 2.75) is 12.3 Å². The van der Waals surface area contributed by atoms with Crippen LogP contribution >= 0.6 is 27.5 Å². The number of carbonyl (C=O) groups is 1. The lowest BCUT2D eigenvalue weighted by molar-refractivity contribution is 0.0992. The van der Waals surface area contributed by atoms with Crippen LogP contribution in [0.15, 0.2) is 22.7 Å². The SMILES string of the molecule is CC(Cl)C(=O)c1ccc(Br)c(N)c1. The van der Waals surface area contributed by atoms with E-state index in [0.717, 1.165) is 4.47 Å². The van der Waals surface area contributed by atoms with Crippen LogP contribution in [0, 0.1) is 0 Å². The molecule has 0 radical (unpaired) electrons. The minimum atomic E-state index is -0.513. The zero-order valence-electron chi connectivity index (χ0n) is 7.05. The number of ketones is 1. The first kappa shape index (κ1) is 10.5. The molecular formula is C9H9BrClNO. The van der Waals surface area contributed by atoms with Crippen molar-refractivity contribution in [2.24, 2.45) is 0 Å². The monoisotopic (exact) mass is 261 g/mol. The molecule has 0 bridgehead atoms. The Labute approximate surface area is 90.2 Å². The van der Waals surface area contributed by atoms with Crippen molar-refractivity contribution >= 4 is 39.0 Å². The van der Waals surface area contributed by atoms with Gasteiger partial charge in [0, 0.05) is 15.7 Å². The standard InChI is InChI=1S/C9H9BrClNO/c1-5(11)9(13)6-2-3-7(10)8(12)4-6/h2-5H,12H2,1H3. The van der Waals surface area contributed by atoms with Gasteiger partial charge in [-0.1, -0.05) is 6.07 Å². The molecule has 0 heterocycles. The van der Waals surface area contributed by atoms with Gasteiger partial charge >= 0.3 is 0 Å². The van der Waals surface area contributed by atoms with Gasteiger partial charge in [-0.15, -0.1) is 11.6 Å². The van der Waals surface area contributed by atoms with E-state index in [1.54, 1.807) is 25.1 Å². The van der Waals surface area contributed by atoms with Crippen molar-refractivity contribution < 1.29 is 4.79 Å². The predicted molar refractivity (Wildman–Crippen MR) is 58.2 cm³/mol. The van der Waals surface area contributed by atoms with E-state index in [-0.39, 0.29) is 5.78 Å². The fourth-order valence-corrected chi connectivity index (χ4v) is 1.30. The second-order valence-electron chi connectivity index (χ2n) is 2.72. The van der Waals surface area contributed by atoms with Crippen LogP contribution in [-0.2, 0) is 0 Å². The van der Waals surface area contributed by atoms with E-state index in [1.807, 2.05) is 0 Å². The number of anilines is 1. The lowest BCUT2D eigenvalue weighted by Crippen LogP contribution is -2.10. The largest absolute Gasteiger partial charge is 0.398 e. The summed E-state index contributed by atoms with van der Waals surface area (Å²) in [6, 6.07) is 5.05. The number of hydrogen-bond donors (Lipinski definition) is 1. The van der Waals surface area contributed by atoms with E-state index in [2.05, 4.69) is 15.9 Å². The normalized spacial score (nSPS) is 12.5. The molecule has 4 heteroatoms. The van der Waals surface area contributed by atoms with Crippen LogP contribution in [0.2, 0.25) is 0 Å². The molecule has 0 amide bonds. The second kappa shape index (κ2) is 4.11. The highest BCUT2D eigenvalue weighted by atomic mass is 79.9. The summed E-state index contributed by atoms with van der Waals surface area (Å²) >= 11 is 8.90. The first-order valence-electron chi connectivity index (χ1n) is 3.75. The van der Waals surface area contributed by atoms with Crippen LogP contribution in [0.4, 0.5) is 5.69 Å². The van der Waals surface area contributed by atoms with Crippen molar-refractivity contribution in [2.75, 3.05) is 5.73 Å². The van der Waals surface area contributed by atoms with E-state index in [1.165, 1.54) is 0 Å². The Kier molecular flexibility index (Phi) is 3.33. The molecule has 2 nitrogen and oxygen atoms in total. The number of nitrogens with two attached hydrogens (primary N) is 1. The van der Waals surface area contributed by atoms with Crippen LogP contribution in [0.25, 0.3) is 0 Å². The Morgan fingerprint density at radius 2 is 2.23 bits per heavy atom. The molecule has 70 valence electrons. The van der Waals surface area contributed by atoms with Gasteiger partial charge in [0.05, 0.1) is 5.38 Å². The maximum atomic E-state index is 11.4. The van der Waals surface area contributed by atoms with Crippen molar-refractivity contribution in [1.29, 1.82) is 0 Å². The number of halogens is 2. The number of rotatable bonds is 2. The quantitative estimate of drug-likeness (QED) is 0.506.